The third kappa shape index (κ3) is 5.79. The van der Waals surface area contributed by atoms with Crippen LogP contribution < -0.4 is 4.74 Å². The number of carbonyl (C=O) groups is 2. The lowest BCUT2D eigenvalue weighted by Gasteiger charge is -2.17. The van der Waals surface area contributed by atoms with Crippen molar-refractivity contribution in [2.24, 2.45) is 0 Å². The van der Waals surface area contributed by atoms with Gasteiger partial charge >= 0.3 is 5.97 Å². The van der Waals surface area contributed by atoms with Gasteiger partial charge in [0.25, 0.3) is 5.91 Å². The van der Waals surface area contributed by atoms with Crippen LogP contribution in [0.3, 0.4) is 0 Å². The Morgan fingerprint density at radius 2 is 1.70 bits per heavy atom. The van der Waals surface area contributed by atoms with Crippen molar-refractivity contribution in [2.75, 3.05) is 27.9 Å². The molecule has 0 spiro atoms. The summed E-state index contributed by atoms with van der Waals surface area (Å²) in [6.45, 7) is 0.237. The first-order valence-electron chi connectivity index (χ1n) is 8.26. The summed E-state index contributed by atoms with van der Waals surface area (Å²) in [4.78, 5) is 25.5. The van der Waals surface area contributed by atoms with Crippen LogP contribution >= 0.6 is 0 Å². The van der Waals surface area contributed by atoms with Crippen LogP contribution in [0.15, 0.2) is 42.5 Å². The molecule has 2 aromatic rings. The van der Waals surface area contributed by atoms with E-state index in [1.54, 1.807) is 44.5 Å². The normalized spacial score (nSPS) is 10.4. The zero-order valence-corrected chi connectivity index (χ0v) is 15.5. The van der Waals surface area contributed by atoms with E-state index >= 15 is 0 Å². The fourth-order valence-corrected chi connectivity index (χ4v) is 2.39. The number of hydrogen-bond acceptors (Lipinski definition) is 5. The minimum atomic E-state index is -0.587. The van der Waals surface area contributed by atoms with Gasteiger partial charge in [-0.1, -0.05) is 18.2 Å². The molecule has 27 heavy (non-hydrogen) atoms. The topological polar surface area (TPSA) is 65.1 Å². The average Bonchev–Trinajstić information content (AvgIpc) is 2.66. The molecule has 0 unspecified atom stereocenters. The maximum absolute atomic E-state index is 13.7. The molecule has 0 aliphatic heterocycles. The van der Waals surface area contributed by atoms with Gasteiger partial charge in [-0.15, -0.1) is 0 Å². The van der Waals surface area contributed by atoms with Crippen molar-refractivity contribution >= 4 is 11.9 Å². The first kappa shape index (κ1) is 20.4. The number of halogens is 1. The van der Waals surface area contributed by atoms with E-state index in [-0.39, 0.29) is 12.3 Å². The zero-order valence-electron chi connectivity index (χ0n) is 15.5. The number of rotatable bonds is 8. The molecule has 0 atom stereocenters. The molecular formula is C20H22FNO5. The molecule has 0 aromatic heterocycles. The maximum Gasteiger partial charge on any atom is 0.338 e. The summed E-state index contributed by atoms with van der Waals surface area (Å²) in [6, 6.07) is 11.2. The Hall–Kier alpha value is -2.93. The highest BCUT2D eigenvalue weighted by Crippen LogP contribution is 2.18. The number of esters is 1. The van der Waals surface area contributed by atoms with Crippen molar-refractivity contribution in [3.8, 4) is 5.75 Å². The Balaban J connectivity index is 1.86. The summed E-state index contributed by atoms with van der Waals surface area (Å²) < 4.78 is 28.6. The second kappa shape index (κ2) is 9.68. The molecule has 1 amide bonds. The summed E-state index contributed by atoms with van der Waals surface area (Å²) in [6.07, 6.45) is 0. The minimum Gasteiger partial charge on any atom is -0.494 e. The molecule has 2 aromatic carbocycles. The summed E-state index contributed by atoms with van der Waals surface area (Å²) in [5.74, 6) is -1.34. The molecule has 0 fully saturated rings. The van der Waals surface area contributed by atoms with Crippen LogP contribution in [0.25, 0.3) is 0 Å². The molecule has 0 saturated carbocycles. The van der Waals surface area contributed by atoms with Gasteiger partial charge in [0.1, 0.15) is 0 Å². The zero-order chi connectivity index (χ0) is 19.8. The van der Waals surface area contributed by atoms with Crippen molar-refractivity contribution < 1.29 is 28.2 Å². The molecule has 0 heterocycles. The molecule has 2 rings (SSSR count). The fraction of sp³-hybridized carbons (Fsp3) is 0.300. The second-order valence-corrected chi connectivity index (χ2v) is 5.92. The number of amides is 1. The second-order valence-electron chi connectivity index (χ2n) is 5.92. The Kier molecular flexibility index (Phi) is 7.31. The predicted octanol–water partition coefficient (Wildman–Crippen LogP) is 2.80. The van der Waals surface area contributed by atoms with E-state index < -0.39 is 24.3 Å². The van der Waals surface area contributed by atoms with Gasteiger partial charge in [-0.2, -0.15) is 0 Å². The van der Waals surface area contributed by atoms with Crippen molar-refractivity contribution in [1.29, 1.82) is 0 Å². The highest BCUT2D eigenvalue weighted by molar-refractivity contribution is 5.91. The Morgan fingerprint density at radius 3 is 2.30 bits per heavy atom. The largest absolute Gasteiger partial charge is 0.494 e. The van der Waals surface area contributed by atoms with E-state index in [4.69, 9.17) is 14.2 Å². The molecule has 0 radical (unpaired) electrons. The van der Waals surface area contributed by atoms with Gasteiger partial charge in [-0.05, 0) is 35.4 Å². The predicted molar refractivity (Wildman–Crippen MR) is 96.9 cm³/mol. The van der Waals surface area contributed by atoms with Gasteiger partial charge in [-0.25, -0.2) is 9.18 Å². The van der Waals surface area contributed by atoms with E-state index in [2.05, 4.69) is 0 Å². The highest BCUT2D eigenvalue weighted by Gasteiger charge is 2.15. The van der Waals surface area contributed by atoms with Crippen molar-refractivity contribution in [1.82, 2.24) is 4.90 Å². The van der Waals surface area contributed by atoms with Gasteiger partial charge in [0.15, 0.2) is 18.2 Å². The number of ether oxygens (including phenoxy) is 3. The first-order valence-corrected chi connectivity index (χ1v) is 8.26. The van der Waals surface area contributed by atoms with Crippen LogP contribution in [-0.4, -0.2) is 44.7 Å². The van der Waals surface area contributed by atoms with E-state index in [0.29, 0.717) is 17.7 Å². The summed E-state index contributed by atoms with van der Waals surface area (Å²) in [5, 5.41) is 0. The molecule has 144 valence electrons. The van der Waals surface area contributed by atoms with E-state index in [1.165, 1.54) is 24.1 Å². The fourth-order valence-electron chi connectivity index (χ4n) is 2.39. The Bertz CT molecular complexity index is 791. The van der Waals surface area contributed by atoms with Crippen LogP contribution in [0.1, 0.15) is 21.5 Å². The SMILES string of the molecule is COCc1ccc(C(=O)OCC(=O)N(C)Cc2ccc(OC)c(F)c2)cc1. The Morgan fingerprint density at radius 1 is 1.04 bits per heavy atom. The molecule has 0 N–H and O–H groups in total. The van der Waals surface area contributed by atoms with E-state index in [1.807, 2.05) is 0 Å². The lowest BCUT2D eigenvalue weighted by atomic mass is 10.1. The van der Waals surface area contributed by atoms with Gasteiger partial charge < -0.3 is 19.1 Å². The monoisotopic (exact) mass is 375 g/mol. The summed E-state index contributed by atoms with van der Waals surface area (Å²) >= 11 is 0. The molecular weight excluding hydrogens is 353 g/mol. The van der Waals surface area contributed by atoms with E-state index in [9.17, 15) is 14.0 Å². The van der Waals surface area contributed by atoms with Crippen molar-refractivity contribution in [2.45, 2.75) is 13.2 Å². The van der Waals surface area contributed by atoms with Crippen LogP contribution in [0.2, 0.25) is 0 Å². The molecule has 0 aliphatic carbocycles. The van der Waals surface area contributed by atoms with Gasteiger partial charge in [0, 0.05) is 20.7 Å². The summed E-state index contributed by atoms with van der Waals surface area (Å²) in [7, 11) is 4.52. The van der Waals surface area contributed by atoms with Gasteiger partial charge in [0.2, 0.25) is 0 Å². The average molecular weight is 375 g/mol. The third-order valence-corrected chi connectivity index (χ3v) is 3.89. The number of methoxy groups -OCH3 is 2. The standard InChI is InChI=1S/C20H22FNO5/c1-22(11-15-6-9-18(26-3)17(21)10-15)19(23)13-27-20(24)16-7-4-14(5-8-16)12-25-2/h4-10H,11-13H2,1-3H3. The summed E-state index contributed by atoms with van der Waals surface area (Å²) in [5.41, 5.74) is 1.88. The first-order chi connectivity index (χ1) is 12.9. The lowest BCUT2D eigenvalue weighted by Crippen LogP contribution is -2.30. The minimum absolute atomic E-state index is 0.137. The van der Waals surface area contributed by atoms with Crippen molar-refractivity contribution in [3.05, 3.63) is 65.0 Å². The maximum atomic E-state index is 13.7. The smallest absolute Gasteiger partial charge is 0.338 e. The van der Waals surface area contributed by atoms with Crippen LogP contribution in [0.4, 0.5) is 4.39 Å². The number of benzene rings is 2. The molecule has 0 saturated heterocycles. The number of carbonyl (C=O) groups excluding carboxylic acids is 2. The molecule has 7 heteroatoms. The molecule has 0 aliphatic rings. The molecule has 6 nitrogen and oxygen atoms in total. The number of likely N-dealkylation sites (N-methyl/N-ethyl adjacent to an activating group) is 1. The molecule has 0 bridgehead atoms. The number of nitrogens with zero attached hydrogens (tertiary/aromatic N) is 1. The van der Waals surface area contributed by atoms with Crippen LogP contribution in [0, 0.1) is 5.82 Å². The van der Waals surface area contributed by atoms with Crippen LogP contribution in [0.5, 0.6) is 5.75 Å². The Labute approximate surface area is 157 Å². The highest BCUT2D eigenvalue weighted by atomic mass is 19.1. The van der Waals surface area contributed by atoms with Crippen molar-refractivity contribution in [3.63, 3.8) is 0 Å². The lowest BCUT2D eigenvalue weighted by molar-refractivity contribution is -0.133. The van der Waals surface area contributed by atoms with E-state index in [0.717, 1.165) is 5.56 Å². The van der Waals surface area contributed by atoms with Gasteiger partial charge in [-0.3, -0.25) is 4.79 Å². The van der Waals surface area contributed by atoms with Gasteiger partial charge in [0.05, 0.1) is 19.3 Å². The van der Waals surface area contributed by atoms with Crippen LogP contribution in [-0.2, 0) is 27.4 Å². The quantitative estimate of drug-likeness (QED) is 0.664. The number of hydrogen-bond donors (Lipinski definition) is 0. The third-order valence-electron chi connectivity index (χ3n) is 3.89.